The van der Waals surface area contributed by atoms with Gasteiger partial charge >= 0.3 is 6.03 Å². The Morgan fingerprint density at radius 3 is 2.81 bits per heavy atom. The van der Waals surface area contributed by atoms with Gasteiger partial charge in [0, 0.05) is 19.2 Å². The highest BCUT2D eigenvalue weighted by Gasteiger charge is 2.26. The number of anilines is 1. The highest BCUT2D eigenvalue weighted by atomic mass is 79.9. The van der Waals surface area contributed by atoms with Crippen LogP contribution in [0.5, 0.6) is 5.75 Å². The van der Waals surface area contributed by atoms with Crippen LogP contribution in [0, 0.1) is 17.6 Å². The number of urea groups is 1. The zero-order chi connectivity index (χ0) is 19.0. The molecule has 1 aliphatic carbocycles. The normalized spacial score (nSPS) is 15.6. The number of rotatable bonds is 5. The zero-order valence-corrected chi connectivity index (χ0v) is 16.2. The molecule has 2 aromatic carbocycles. The average Bonchev–Trinajstić information content (AvgIpc) is 3.38. The summed E-state index contributed by atoms with van der Waals surface area (Å²) in [5.41, 5.74) is 2.11. The van der Waals surface area contributed by atoms with Crippen LogP contribution < -0.4 is 15.0 Å². The van der Waals surface area contributed by atoms with E-state index in [1.54, 1.807) is 12.1 Å². The lowest BCUT2D eigenvalue weighted by Gasteiger charge is -2.18. The highest BCUT2D eigenvalue weighted by Crippen LogP contribution is 2.33. The number of ether oxygens (including phenoxy) is 1. The predicted octanol–water partition coefficient (Wildman–Crippen LogP) is 4.79. The van der Waals surface area contributed by atoms with E-state index in [0.29, 0.717) is 47.0 Å². The van der Waals surface area contributed by atoms with E-state index in [1.165, 1.54) is 23.1 Å². The maximum atomic E-state index is 13.8. The van der Waals surface area contributed by atoms with Crippen LogP contribution in [0.1, 0.15) is 24.0 Å². The lowest BCUT2D eigenvalue weighted by atomic mass is 10.2. The molecule has 27 heavy (non-hydrogen) atoms. The number of hydrogen-bond donors (Lipinski definition) is 1. The molecule has 0 bridgehead atoms. The van der Waals surface area contributed by atoms with Gasteiger partial charge in [0.15, 0.2) is 0 Å². The second-order valence-corrected chi connectivity index (χ2v) is 7.86. The van der Waals surface area contributed by atoms with Crippen molar-refractivity contribution in [1.82, 2.24) is 5.32 Å². The number of amides is 2. The van der Waals surface area contributed by atoms with E-state index in [0.717, 1.165) is 18.4 Å². The number of nitrogens with one attached hydrogen (secondary N) is 1. The quantitative estimate of drug-likeness (QED) is 0.731. The van der Waals surface area contributed by atoms with Gasteiger partial charge in [-0.3, -0.25) is 4.90 Å². The number of carbonyl (C=O) groups excluding carboxylic acids is 1. The largest absolute Gasteiger partial charge is 0.493 e. The van der Waals surface area contributed by atoms with E-state index in [-0.39, 0.29) is 12.6 Å². The van der Waals surface area contributed by atoms with Crippen molar-refractivity contribution in [2.24, 2.45) is 5.92 Å². The first-order chi connectivity index (χ1) is 13.0. The molecule has 1 aliphatic heterocycles. The molecule has 2 amide bonds. The Labute approximate surface area is 164 Å². The third-order valence-corrected chi connectivity index (χ3v) is 5.43. The Kier molecular flexibility index (Phi) is 5.04. The molecule has 4 rings (SSSR count). The minimum atomic E-state index is -0.406. The number of nitrogens with zero attached hydrogens (tertiary/aromatic N) is 1. The summed E-state index contributed by atoms with van der Waals surface area (Å²) in [6, 6.07) is 7.19. The molecule has 0 saturated heterocycles. The molecule has 0 spiro atoms. The summed E-state index contributed by atoms with van der Waals surface area (Å²) in [4.78, 5) is 14.0. The number of carbonyl (C=O) groups is 1. The summed E-state index contributed by atoms with van der Waals surface area (Å²) < 4.78 is 33.7. The maximum Gasteiger partial charge on any atom is 0.322 e. The van der Waals surface area contributed by atoms with Crippen LogP contribution in [0.3, 0.4) is 0 Å². The molecule has 7 heteroatoms. The van der Waals surface area contributed by atoms with E-state index in [4.69, 9.17) is 4.74 Å². The van der Waals surface area contributed by atoms with Gasteiger partial charge in [0.2, 0.25) is 0 Å². The molecule has 1 fully saturated rings. The highest BCUT2D eigenvalue weighted by molar-refractivity contribution is 9.10. The fourth-order valence-corrected chi connectivity index (χ4v) is 3.56. The van der Waals surface area contributed by atoms with E-state index >= 15 is 0 Å². The lowest BCUT2D eigenvalue weighted by Crippen LogP contribution is -2.38. The van der Waals surface area contributed by atoms with Crippen molar-refractivity contribution in [3.63, 3.8) is 0 Å². The average molecular weight is 437 g/mol. The molecular formula is C20H19BrF2N2O2. The van der Waals surface area contributed by atoms with Gasteiger partial charge in [-0.2, -0.15) is 0 Å². The lowest BCUT2D eigenvalue weighted by molar-refractivity contribution is 0.246. The topological polar surface area (TPSA) is 41.6 Å². The van der Waals surface area contributed by atoms with E-state index < -0.39 is 11.6 Å². The molecule has 1 N–H and O–H groups in total. The molecule has 0 radical (unpaired) electrons. The van der Waals surface area contributed by atoms with E-state index in [1.807, 2.05) is 0 Å². The molecule has 0 aromatic heterocycles. The molecule has 0 atom stereocenters. The Morgan fingerprint density at radius 1 is 1.22 bits per heavy atom. The summed E-state index contributed by atoms with van der Waals surface area (Å²) in [6.45, 7) is 1.25. The standard InChI is InChI=1S/C20H19BrF2N2O2/c21-17-7-14-3-4-25(19(14)9-18(17)23)20(26)24-10-13-5-15(22)8-16(6-13)27-11-12-1-2-12/h5-9,12H,1-4,10-11H2,(H,24,26). The molecule has 4 nitrogen and oxygen atoms in total. The fourth-order valence-electron chi connectivity index (χ4n) is 3.17. The smallest absolute Gasteiger partial charge is 0.322 e. The third-order valence-electron chi connectivity index (χ3n) is 4.82. The molecule has 1 heterocycles. The molecular weight excluding hydrogens is 418 g/mol. The summed E-state index contributed by atoms with van der Waals surface area (Å²) in [5, 5.41) is 2.78. The van der Waals surface area contributed by atoms with Crippen LogP contribution >= 0.6 is 15.9 Å². The summed E-state index contributed by atoms with van der Waals surface area (Å²) in [5.74, 6) is 0.249. The number of hydrogen-bond acceptors (Lipinski definition) is 2. The molecule has 2 aromatic rings. The van der Waals surface area contributed by atoms with Gasteiger partial charge < -0.3 is 10.1 Å². The van der Waals surface area contributed by atoms with Gasteiger partial charge in [0.1, 0.15) is 17.4 Å². The van der Waals surface area contributed by atoms with Gasteiger partial charge in [-0.25, -0.2) is 13.6 Å². The number of halogens is 3. The SMILES string of the molecule is O=C(NCc1cc(F)cc(OCC2CC2)c1)N1CCc2cc(Br)c(F)cc21. The van der Waals surface area contributed by atoms with Crippen LogP contribution in [-0.2, 0) is 13.0 Å². The summed E-state index contributed by atoms with van der Waals surface area (Å²) in [7, 11) is 0. The fraction of sp³-hybridized carbons (Fsp3) is 0.350. The van der Waals surface area contributed by atoms with Crippen LogP contribution in [0.15, 0.2) is 34.8 Å². The van der Waals surface area contributed by atoms with Gasteiger partial charge in [-0.15, -0.1) is 0 Å². The van der Waals surface area contributed by atoms with E-state index in [9.17, 15) is 13.6 Å². The molecule has 142 valence electrons. The minimum Gasteiger partial charge on any atom is -0.493 e. The van der Waals surface area contributed by atoms with Gasteiger partial charge in [0.25, 0.3) is 0 Å². The molecule has 0 unspecified atom stereocenters. The Morgan fingerprint density at radius 2 is 2.04 bits per heavy atom. The maximum absolute atomic E-state index is 13.8. The van der Waals surface area contributed by atoms with E-state index in [2.05, 4.69) is 21.2 Å². The number of benzene rings is 2. The first kappa shape index (κ1) is 18.2. The van der Waals surface area contributed by atoms with Crippen LogP contribution in [0.4, 0.5) is 19.3 Å². The van der Waals surface area contributed by atoms with Crippen molar-refractivity contribution in [2.45, 2.75) is 25.8 Å². The van der Waals surface area contributed by atoms with Crippen LogP contribution in [0.25, 0.3) is 0 Å². The molecule has 2 aliphatic rings. The third kappa shape index (κ3) is 4.24. The predicted molar refractivity (Wildman–Crippen MR) is 102 cm³/mol. The Hall–Kier alpha value is -2.15. The Bertz CT molecular complexity index is 887. The van der Waals surface area contributed by atoms with Crippen molar-refractivity contribution in [3.05, 3.63) is 57.6 Å². The van der Waals surface area contributed by atoms with Crippen molar-refractivity contribution < 1.29 is 18.3 Å². The first-order valence-corrected chi connectivity index (χ1v) is 9.74. The Balaban J connectivity index is 1.40. The second kappa shape index (κ2) is 7.46. The summed E-state index contributed by atoms with van der Waals surface area (Å²) in [6.07, 6.45) is 2.99. The van der Waals surface area contributed by atoms with Crippen molar-refractivity contribution in [1.29, 1.82) is 0 Å². The number of fused-ring (bicyclic) bond motifs is 1. The van der Waals surface area contributed by atoms with Crippen molar-refractivity contribution >= 4 is 27.6 Å². The first-order valence-electron chi connectivity index (χ1n) is 8.95. The van der Waals surface area contributed by atoms with Crippen LogP contribution in [-0.4, -0.2) is 19.2 Å². The minimum absolute atomic E-state index is 0.168. The van der Waals surface area contributed by atoms with Gasteiger partial charge in [0.05, 0.1) is 16.8 Å². The summed E-state index contributed by atoms with van der Waals surface area (Å²) >= 11 is 3.16. The second-order valence-electron chi connectivity index (χ2n) is 7.00. The van der Waals surface area contributed by atoms with Crippen molar-refractivity contribution in [2.75, 3.05) is 18.1 Å². The van der Waals surface area contributed by atoms with Gasteiger partial charge in [-0.1, -0.05) is 0 Å². The zero-order valence-electron chi connectivity index (χ0n) is 14.6. The van der Waals surface area contributed by atoms with Crippen LogP contribution in [0.2, 0.25) is 0 Å². The van der Waals surface area contributed by atoms with Crippen molar-refractivity contribution in [3.8, 4) is 5.75 Å². The monoisotopic (exact) mass is 436 g/mol. The molecule has 1 saturated carbocycles. The van der Waals surface area contributed by atoms with Gasteiger partial charge in [-0.05, 0) is 76.5 Å².